The Morgan fingerprint density at radius 2 is 2.08 bits per heavy atom. The van der Waals surface area contributed by atoms with E-state index in [0.717, 1.165) is 5.39 Å². The molecule has 2 unspecified atom stereocenters. The highest BCUT2D eigenvalue weighted by Crippen LogP contribution is 2.52. The third-order valence-electron chi connectivity index (χ3n) is 4.78. The SMILES string of the molecule is CC(O)[C@H]1O[C@@H](n2ccc3c(N)ncnc32)[C@]2(C)OC(C)(C)OC12. The predicted octanol–water partition coefficient (Wildman–Crippen LogP) is 1.20. The standard InChI is InChI=1S/C16H22N4O4/c1-8(21)10-11-16(4,24-15(2,3)23-11)14(22-10)20-6-5-9-12(17)18-7-19-13(9)20/h5-8,10-11,14,21H,1-4H3,(H2,17,18,19)/t8?,10-,11?,14-,16-/m1/s1. The molecule has 2 saturated heterocycles. The highest BCUT2D eigenvalue weighted by Gasteiger charge is 2.65. The molecule has 0 saturated carbocycles. The molecule has 0 spiro atoms. The number of nitrogen functional groups attached to an aromatic ring is 1. The van der Waals surface area contributed by atoms with Crippen molar-refractivity contribution in [1.29, 1.82) is 0 Å². The summed E-state index contributed by atoms with van der Waals surface area (Å²) in [7, 11) is 0. The van der Waals surface area contributed by atoms with E-state index < -0.39 is 35.9 Å². The zero-order valence-corrected chi connectivity index (χ0v) is 14.1. The van der Waals surface area contributed by atoms with Crippen LogP contribution in [0.5, 0.6) is 0 Å². The van der Waals surface area contributed by atoms with Crippen LogP contribution in [0.4, 0.5) is 5.82 Å². The molecule has 8 nitrogen and oxygen atoms in total. The number of anilines is 1. The molecule has 0 aliphatic carbocycles. The van der Waals surface area contributed by atoms with E-state index in [4.69, 9.17) is 19.9 Å². The minimum absolute atomic E-state index is 0.394. The van der Waals surface area contributed by atoms with Gasteiger partial charge >= 0.3 is 0 Å². The summed E-state index contributed by atoms with van der Waals surface area (Å²) in [5.41, 5.74) is 5.82. The van der Waals surface area contributed by atoms with Crippen molar-refractivity contribution >= 4 is 16.9 Å². The molecule has 4 rings (SSSR count). The van der Waals surface area contributed by atoms with Gasteiger partial charge in [0.05, 0.1) is 11.5 Å². The van der Waals surface area contributed by atoms with E-state index >= 15 is 0 Å². The molecular formula is C16H22N4O4. The zero-order chi connectivity index (χ0) is 17.3. The Hall–Kier alpha value is -1.74. The summed E-state index contributed by atoms with van der Waals surface area (Å²) in [5, 5.41) is 10.9. The molecule has 2 aromatic rings. The fraction of sp³-hybridized carbons (Fsp3) is 0.625. The predicted molar refractivity (Wildman–Crippen MR) is 86.0 cm³/mol. The van der Waals surface area contributed by atoms with Crippen LogP contribution in [0.15, 0.2) is 18.6 Å². The van der Waals surface area contributed by atoms with E-state index in [2.05, 4.69) is 9.97 Å². The van der Waals surface area contributed by atoms with Crippen molar-refractivity contribution in [2.45, 2.75) is 63.6 Å². The summed E-state index contributed by atoms with van der Waals surface area (Å²) in [6.45, 7) is 7.35. The van der Waals surface area contributed by atoms with E-state index in [0.29, 0.717) is 11.5 Å². The highest BCUT2D eigenvalue weighted by atomic mass is 16.8. The molecule has 0 amide bonds. The number of nitrogens with zero attached hydrogens (tertiary/aromatic N) is 3. The van der Waals surface area contributed by atoms with E-state index in [-0.39, 0.29) is 0 Å². The first-order valence-electron chi connectivity index (χ1n) is 8.01. The van der Waals surface area contributed by atoms with Gasteiger partial charge in [0.15, 0.2) is 12.0 Å². The summed E-state index contributed by atoms with van der Waals surface area (Å²) in [6.07, 6.45) is 1.17. The van der Waals surface area contributed by atoms with E-state index in [1.165, 1.54) is 6.33 Å². The lowest BCUT2D eigenvalue weighted by Crippen LogP contribution is -2.43. The third-order valence-corrected chi connectivity index (χ3v) is 4.78. The molecule has 2 fully saturated rings. The average molecular weight is 334 g/mol. The van der Waals surface area contributed by atoms with Crippen molar-refractivity contribution < 1.29 is 19.3 Å². The number of ether oxygens (including phenoxy) is 3. The zero-order valence-electron chi connectivity index (χ0n) is 14.1. The number of hydrogen-bond donors (Lipinski definition) is 2. The van der Waals surface area contributed by atoms with Crippen molar-refractivity contribution in [2.24, 2.45) is 0 Å². The van der Waals surface area contributed by atoms with Gasteiger partial charge in [-0.05, 0) is 33.8 Å². The fourth-order valence-corrected chi connectivity index (χ4v) is 3.86. The lowest BCUT2D eigenvalue weighted by Gasteiger charge is -2.30. The summed E-state index contributed by atoms with van der Waals surface area (Å²) < 4.78 is 20.2. The van der Waals surface area contributed by atoms with Crippen LogP contribution in [-0.4, -0.2) is 49.3 Å². The quantitative estimate of drug-likeness (QED) is 0.850. The molecule has 5 atom stereocenters. The number of aliphatic hydroxyl groups is 1. The van der Waals surface area contributed by atoms with E-state index in [1.54, 1.807) is 6.92 Å². The van der Waals surface area contributed by atoms with Gasteiger partial charge in [-0.1, -0.05) is 0 Å². The number of nitrogens with two attached hydrogens (primary N) is 1. The van der Waals surface area contributed by atoms with Crippen LogP contribution >= 0.6 is 0 Å². The number of hydrogen-bond acceptors (Lipinski definition) is 7. The van der Waals surface area contributed by atoms with Crippen LogP contribution in [0.25, 0.3) is 11.0 Å². The second kappa shape index (κ2) is 4.89. The second-order valence-electron chi connectivity index (χ2n) is 7.14. The molecule has 2 aliphatic rings. The van der Waals surface area contributed by atoms with Gasteiger partial charge in [0, 0.05) is 6.20 Å². The van der Waals surface area contributed by atoms with Crippen molar-refractivity contribution in [3.05, 3.63) is 18.6 Å². The Morgan fingerprint density at radius 1 is 1.33 bits per heavy atom. The molecule has 24 heavy (non-hydrogen) atoms. The van der Waals surface area contributed by atoms with E-state index in [1.807, 2.05) is 37.6 Å². The van der Waals surface area contributed by atoms with Crippen LogP contribution in [0.3, 0.4) is 0 Å². The first kappa shape index (κ1) is 15.8. The second-order valence-corrected chi connectivity index (χ2v) is 7.14. The summed E-state index contributed by atoms with van der Waals surface area (Å²) in [4.78, 5) is 8.35. The Kier molecular flexibility index (Phi) is 3.21. The minimum atomic E-state index is -0.767. The Balaban J connectivity index is 1.83. The number of rotatable bonds is 2. The Bertz CT molecular complexity index is 789. The summed E-state index contributed by atoms with van der Waals surface area (Å²) in [6, 6.07) is 1.85. The molecule has 4 heterocycles. The van der Waals surface area contributed by atoms with Crippen molar-refractivity contribution in [2.75, 3.05) is 5.73 Å². The molecule has 2 aromatic heterocycles. The van der Waals surface area contributed by atoms with Crippen LogP contribution in [0.1, 0.15) is 33.9 Å². The summed E-state index contributed by atoms with van der Waals surface area (Å²) in [5.74, 6) is -0.347. The maximum absolute atomic E-state index is 10.1. The molecule has 0 bridgehead atoms. The van der Waals surface area contributed by atoms with Gasteiger partial charge in [0.1, 0.15) is 35.6 Å². The smallest absolute Gasteiger partial charge is 0.167 e. The van der Waals surface area contributed by atoms with Crippen molar-refractivity contribution in [3.63, 3.8) is 0 Å². The molecular weight excluding hydrogens is 312 g/mol. The summed E-state index contributed by atoms with van der Waals surface area (Å²) >= 11 is 0. The minimum Gasteiger partial charge on any atom is -0.391 e. The van der Waals surface area contributed by atoms with Gasteiger partial charge in [-0.25, -0.2) is 9.97 Å². The van der Waals surface area contributed by atoms with Crippen LogP contribution in [0.2, 0.25) is 0 Å². The van der Waals surface area contributed by atoms with Gasteiger partial charge < -0.3 is 29.6 Å². The average Bonchev–Trinajstić information content (AvgIpc) is 3.07. The number of aromatic nitrogens is 3. The van der Waals surface area contributed by atoms with Gasteiger partial charge in [-0.15, -0.1) is 0 Å². The monoisotopic (exact) mass is 334 g/mol. The van der Waals surface area contributed by atoms with Gasteiger partial charge in [0.25, 0.3) is 0 Å². The van der Waals surface area contributed by atoms with Gasteiger partial charge in [0.2, 0.25) is 0 Å². The van der Waals surface area contributed by atoms with Crippen LogP contribution in [-0.2, 0) is 14.2 Å². The Morgan fingerprint density at radius 3 is 2.79 bits per heavy atom. The maximum atomic E-state index is 10.1. The lowest BCUT2D eigenvalue weighted by atomic mass is 9.94. The first-order chi connectivity index (χ1) is 11.2. The van der Waals surface area contributed by atoms with Crippen LogP contribution in [0, 0.1) is 0 Å². The van der Waals surface area contributed by atoms with Crippen LogP contribution < -0.4 is 5.73 Å². The third kappa shape index (κ3) is 2.07. The molecule has 2 aliphatic heterocycles. The molecule has 0 aromatic carbocycles. The van der Waals surface area contributed by atoms with Gasteiger partial charge in [-0.2, -0.15) is 0 Å². The van der Waals surface area contributed by atoms with Gasteiger partial charge in [-0.3, -0.25) is 0 Å². The largest absolute Gasteiger partial charge is 0.391 e. The molecule has 8 heteroatoms. The maximum Gasteiger partial charge on any atom is 0.167 e. The first-order valence-corrected chi connectivity index (χ1v) is 8.01. The molecule has 130 valence electrons. The highest BCUT2D eigenvalue weighted by molar-refractivity contribution is 5.86. The number of aliphatic hydroxyl groups excluding tert-OH is 1. The van der Waals surface area contributed by atoms with E-state index in [9.17, 15) is 5.11 Å². The topological polar surface area (TPSA) is 105 Å². The normalized spacial score (nSPS) is 36.1. The Labute approximate surface area is 139 Å². The molecule has 0 radical (unpaired) electrons. The number of fused-ring (bicyclic) bond motifs is 2. The molecule has 3 N–H and O–H groups in total. The van der Waals surface area contributed by atoms with Crippen molar-refractivity contribution in [3.8, 4) is 0 Å². The van der Waals surface area contributed by atoms with Crippen molar-refractivity contribution in [1.82, 2.24) is 14.5 Å². The fourth-order valence-electron chi connectivity index (χ4n) is 3.86. The lowest BCUT2D eigenvalue weighted by molar-refractivity contribution is -0.221.